The topological polar surface area (TPSA) is 64.7 Å². The molecule has 1 heterocycles. The number of carbonyl (C=O) groups excluding carboxylic acids is 2. The van der Waals surface area contributed by atoms with E-state index in [0.29, 0.717) is 24.7 Å². The fourth-order valence-corrected chi connectivity index (χ4v) is 4.12. The molecule has 3 amide bonds. The standard InChI is InChI=1S/C21H32N4O2/c1-24(2)19-10-6-9-18(15-19)23-21(27)25-13-11-17(12-14-25)22-20(26)16-7-4-3-5-8-16/h3-5,7-8,17-19H,6,9-15H2,1-2H3,(H,22,26)(H,23,27). The number of carbonyl (C=O) groups is 2. The molecule has 2 N–H and O–H groups in total. The molecule has 2 aliphatic rings. The molecule has 0 aromatic heterocycles. The van der Waals surface area contributed by atoms with Crippen LogP contribution in [0, 0.1) is 0 Å². The fraction of sp³-hybridized carbons (Fsp3) is 0.619. The maximum absolute atomic E-state index is 12.6. The second-order valence-corrected chi connectivity index (χ2v) is 8.03. The third-order valence-electron chi connectivity index (χ3n) is 5.86. The molecule has 2 unspecified atom stereocenters. The minimum absolute atomic E-state index is 0.0320. The van der Waals surface area contributed by atoms with E-state index in [2.05, 4.69) is 29.6 Å². The predicted molar refractivity (Wildman–Crippen MR) is 107 cm³/mol. The quantitative estimate of drug-likeness (QED) is 0.853. The monoisotopic (exact) mass is 372 g/mol. The molecule has 27 heavy (non-hydrogen) atoms. The highest BCUT2D eigenvalue weighted by atomic mass is 16.2. The van der Waals surface area contributed by atoms with Crippen LogP contribution in [-0.4, -0.2) is 67.0 Å². The van der Waals surface area contributed by atoms with Gasteiger partial charge in [-0.25, -0.2) is 4.79 Å². The van der Waals surface area contributed by atoms with Crippen LogP contribution in [0.5, 0.6) is 0 Å². The lowest BCUT2D eigenvalue weighted by Gasteiger charge is -2.37. The van der Waals surface area contributed by atoms with E-state index in [-0.39, 0.29) is 24.0 Å². The van der Waals surface area contributed by atoms with E-state index >= 15 is 0 Å². The van der Waals surface area contributed by atoms with Crippen LogP contribution in [0.3, 0.4) is 0 Å². The van der Waals surface area contributed by atoms with Gasteiger partial charge in [0.05, 0.1) is 0 Å². The van der Waals surface area contributed by atoms with Gasteiger partial charge in [0, 0.05) is 36.8 Å². The number of hydrogen-bond donors (Lipinski definition) is 2. The van der Waals surface area contributed by atoms with Gasteiger partial charge in [0.2, 0.25) is 0 Å². The molecule has 1 aliphatic carbocycles. The fourth-order valence-electron chi connectivity index (χ4n) is 4.12. The Hall–Kier alpha value is -2.08. The van der Waals surface area contributed by atoms with Gasteiger partial charge in [-0.15, -0.1) is 0 Å². The van der Waals surface area contributed by atoms with Crippen LogP contribution in [-0.2, 0) is 0 Å². The second kappa shape index (κ2) is 9.22. The summed E-state index contributed by atoms with van der Waals surface area (Å²) in [5.74, 6) is -0.0320. The minimum Gasteiger partial charge on any atom is -0.349 e. The molecular weight excluding hydrogens is 340 g/mol. The summed E-state index contributed by atoms with van der Waals surface area (Å²) in [6.07, 6.45) is 6.09. The van der Waals surface area contributed by atoms with Crippen LogP contribution in [0.25, 0.3) is 0 Å². The third-order valence-corrected chi connectivity index (χ3v) is 5.86. The summed E-state index contributed by atoms with van der Waals surface area (Å²) in [5, 5.41) is 6.32. The van der Waals surface area contributed by atoms with Crippen molar-refractivity contribution in [3.63, 3.8) is 0 Å². The van der Waals surface area contributed by atoms with E-state index in [9.17, 15) is 9.59 Å². The van der Waals surface area contributed by atoms with Gasteiger partial charge in [-0.1, -0.05) is 18.2 Å². The first-order chi connectivity index (χ1) is 13.0. The molecule has 0 bridgehead atoms. The van der Waals surface area contributed by atoms with E-state index in [1.165, 1.54) is 12.8 Å². The molecule has 148 valence electrons. The first-order valence-corrected chi connectivity index (χ1v) is 10.1. The number of nitrogens with one attached hydrogen (secondary N) is 2. The summed E-state index contributed by atoms with van der Waals surface area (Å²) < 4.78 is 0. The highest BCUT2D eigenvalue weighted by Gasteiger charge is 2.28. The van der Waals surface area contributed by atoms with E-state index in [0.717, 1.165) is 25.7 Å². The lowest BCUT2D eigenvalue weighted by atomic mass is 9.90. The zero-order valence-electron chi connectivity index (χ0n) is 16.5. The summed E-state index contributed by atoms with van der Waals surface area (Å²) in [4.78, 5) is 29.0. The largest absolute Gasteiger partial charge is 0.349 e. The van der Waals surface area contributed by atoms with Crippen molar-refractivity contribution >= 4 is 11.9 Å². The lowest BCUT2D eigenvalue weighted by Crippen LogP contribution is -2.52. The molecule has 1 aromatic carbocycles. The Bertz CT molecular complexity index is 626. The Morgan fingerprint density at radius 3 is 2.33 bits per heavy atom. The number of rotatable bonds is 4. The molecule has 1 saturated carbocycles. The maximum Gasteiger partial charge on any atom is 0.317 e. The number of amides is 3. The van der Waals surface area contributed by atoms with Gasteiger partial charge in [-0.05, 0) is 64.8 Å². The summed E-state index contributed by atoms with van der Waals surface area (Å²) in [5.41, 5.74) is 0.686. The van der Waals surface area contributed by atoms with Crippen LogP contribution in [0.4, 0.5) is 4.79 Å². The van der Waals surface area contributed by atoms with E-state index in [4.69, 9.17) is 0 Å². The predicted octanol–water partition coefficient (Wildman–Crippen LogP) is 2.46. The van der Waals surface area contributed by atoms with Gasteiger partial charge in [-0.2, -0.15) is 0 Å². The number of piperidine rings is 1. The van der Waals surface area contributed by atoms with Crippen LogP contribution in [0.2, 0.25) is 0 Å². The van der Waals surface area contributed by atoms with Crippen LogP contribution < -0.4 is 10.6 Å². The Balaban J connectivity index is 1.42. The van der Waals surface area contributed by atoms with Crippen molar-refractivity contribution in [2.24, 2.45) is 0 Å². The highest BCUT2D eigenvalue weighted by molar-refractivity contribution is 5.94. The number of benzene rings is 1. The Morgan fingerprint density at radius 2 is 1.67 bits per heavy atom. The smallest absolute Gasteiger partial charge is 0.317 e. The number of likely N-dealkylation sites (tertiary alicyclic amines) is 1. The molecule has 1 saturated heterocycles. The maximum atomic E-state index is 12.6. The molecule has 0 radical (unpaired) electrons. The van der Waals surface area contributed by atoms with Gasteiger partial charge in [-0.3, -0.25) is 4.79 Å². The Kier molecular flexibility index (Phi) is 6.72. The van der Waals surface area contributed by atoms with Crippen LogP contribution in [0.1, 0.15) is 48.9 Å². The van der Waals surface area contributed by atoms with Crippen molar-refractivity contribution in [2.75, 3.05) is 27.2 Å². The van der Waals surface area contributed by atoms with Crippen molar-refractivity contribution in [1.29, 1.82) is 0 Å². The zero-order valence-corrected chi connectivity index (χ0v) is 16.5. The first-order valence-electron chi connectivity index (χ1n) is 10.1. The summed E-state index contributed by atoms with van der Waals surface area (Å²) in [7, 11) is 4.23. The third kappa shape index (κ3) is 5.45. The molecule has 2 atom stereocenters. The van der Waals surface area contributed by atoms with E-state index < -0.39 is 0 Å². The van der Waals surface area contributed by atoms with Crippen molar-refractivity contribution < 1.29 is 9.59 Å². The Labute approximate surface area is 162 Å². The van der Waals surface area contributed by atoms with Gasteiger partial charge in [0.1, 0.15) is 0 Å². The van der Waals surface area contributed by atoms with Gasteiger partial charge in [0.25, 0.3) is 5.91 Å². The average Bonchev–Trinajstić information content (AvgIpc) is 2.69. The number of hydrogen-bond acceptors (Lipinski definition) is 3. The average molecular weight is 373 g/mol. The van der Waals surface area contributed by atoms with E-state index in [1.54, 1.807) is 0 Å². The minimum atomic E-state index is -0.0320. The normalized spacial score (nSPS) is 23.9. The van der Waals surface area contributed by atoms with Crippen LogP contribution in [0.15, 0.2) is 30.3 Å². The highest BCUT2D eigenvalue weighted by Crippen LogP contribution is 2.22. The molecular formula is C21H32N4O2. The Morgan fingerprint density at radius 1 is 0.963 bits per heavy atom. The molecule has 6 nitrogen and oxygen atoms in total. The SMILES string of the molecule is CN(C)C1CCCC(NC(=O)N2CCC(NC(=O)c3ccccc3)CC2)C1. The van der Waals surface area contributed by atoms with E-state index in [1.807, 2.05) is 35.2 Å². The second-order valence-electron chi connectivity index (χ2n) is 8.03. The molecule has 1 aromatic rings. The lowest BCUT2D eigenvalue weighted by molar-refractivity contribution is 0.0917. The summed E-state index contributed by atoms with van der Waals surface area (Å²) in [6.45, 7) is 1.38. The number of nitrogens with zero attached hydrogens (tertiary/aromatic N) is 2. The summed E-state index contributed by atoms with van der Waals surface area (Å²) in [6, 6.07) is 10.3. The van der Waals surface area contributed by atoms with Crippen molar-refractivity contribution in [3.05, 3.63) is 35.9 Å². The van der Waals surface area contributed by atoms with Gasteiger partial charge in [0.15, 0.2) is 0 Å². The first kappa shape index (κ1) is 19.7. The molecule has 6 heteroatoms. The van der Waals surface area contributed by atoms with Crippen LogP contribution >= 0.6 is 0 Å². The number of urea groups is 1. The van der Waals surface area contributed by atoms with Crippen molar-refractivity contribution in [1.82, 2.24) is 20.4 Å². The molecule has 3 rings (SSSR count). The van der Waals surface area contributed by atoms with Gasteiger partial charge < -0.3 is 20.4 Å². The summed E-state index contributed by atoms with van der Waals surface area (Å²) >= 11 is 0. The molecule has 0 spiro atoms. The van der Waals surface area contributed by atoms with Crippen molar-refractivity contribution in [3.8, 4) is 0 Å². The van der Waals surface area contributed by atoms with Crippen molar-refractivity contribution in [2.45, 2.75) is 56.7 Å². The zero-order chi connectivity index (χ0) is 19.2. The molecule has 1 aliphatic heterocycles. The van der Waals surface area contributed by atoms with Gasteiger partial charge >= 0.3 is 6.03 Å². The molecule has 2 fully saturated rings.